The molecule has 2 heterocycles. The van der Waals surface area contributed by atoms with E-state index in [4.69, 9.17) is 4.74 Å². The van der Waals surface area contributed by atoms with Crippen molar-refractivity contribution in [2.75, 3.05) is 38.6 Å². The van der Waals surface area contributed by atoms with Crippen LogP contribution in [0, 0.1) is 0 Å². The number of esters is 1. The van der Waals surface area contributed by atoms with Gasteiger partial charge >= 0.3 is 5.97 Å². The summed E-state index contributed by atoms with van der Waals surface area (Å²) in [5.74, 6) is -0.521. The molecular formula is C20H22N4O4. The Kier molecular flexibility index (Phi) is 5.88. The number of hydrogen-bond donors (Lipinski definition) is 1. The molecule has 1 aliphatic rings. The van der Waals surface area contributed by atoms with Gasteiger partial charge in [0.25, 0.3) is 5.91 Å². The Labute approximate surface area is 163 Å². The van der Waals surface area contributed by atoms with Crippen molar-refractivity contribution >= 4 is 29.2 Å². The van der Waals surface area contributed by atoms with E-state index in [9.17, 15) is 14.4 Å². The molecule has 1 aliphatic heterocycles. The smallest absolute Gasteiger partial charge is 0.337 e. The standard InChI is InChI=1S/C20H22N4O4/c1-14(25)23-6-8-24(9-7-23)19(26)16-11-18(13-21-12-16)22-17-5-3-4-15(10-17)20(27)28-2/h3-5,10-13,22H,6-9H2,1-2H3. The average Bonchev–Trinajstić information content (AvgIpc) is 2.73. The Morgan fingerprint density at radius 3 is 2.32 bits per heavy atom. The number of benzene rings is 1. The first-order valence-corrected chi connectivity index (χ1v) is 8.93. The second-order valence-electron chi connectivity index (χ2n) is 6.46. The van der Waals surface area contributed by atoms with Gasteiger partial charge in [0.15, 0.2) is 0 Å². The third-order valence-electron chi connectivity index (χ3n) is 4.57. The Morgan fingerprint density at radius 2 is 1.64 bits per heavy atom. The molecule has 0 bridgehead atoms. The van der Waals surface area contributed by atoms with Gasteiger partial charge in [-0.3, -0.25) is 14.6 Å². The SMILES string of the molecule is COC(=O)c1cccc(Nc2cncc(C(=O)N3CCN(C(C)=O)CC3)c2)c1. The summed E-state index contributed by atoms with van der Waals surface area (Å²) >= 11 is 0. The number of carbonyl (C=O) groups excluding carboxylic acids is 3. The molecule has 0 radical (unpaired) electrons. The minimum Gasteiger partial charge on any atom is -0.465 e. The number of nitrogens with zero attached hydrogens (tertiary/aromatic N) is 3. The summed E-state index contributed by atoms with van der Waals surface area (Å²) in [5, 5.41) is 3.15. The first kappa shape index (κ1) is 19.3. The molecule has 146 valence electrons. The van der Waals surface area contributed by atoms with Crippen molar-refractivity contribution in [3.63, 3.8) is 0 Å². The lowest BCUT2D eigenvalue weighted by atomic mass is 10.2. The summed E-state index contributed by atoms with van der Waals surface area (Å²) in [4.78, 5) is 43.4. The maximum atomic E-state index is 12.8. The molecule has 1 aromatic carbocycles. The number of rotatable bonds is 4. The van der Waals surface area contributed by atoms with E-state index >= 15 is 0 Å². The van der Waals surface area contributed by atoms with Gasteiger partial charge in [-0.15, -0.1) is 0 Å². The molecular weight excluding hydrogens is 360 g/mol. The molecule has 2 amide bonds. The molecule has 8 nitrogen and oxygen atoms in total. The van der Waals surface area contributed by atoms with Crippen LogP contribution in [0.1, 0.15) is 27.6 Å². The van der Waals surface area contributed by atoms with Gasteiger partial charge in [-0.25, -0.2) is 4.79 Å². The van der Waals surface area contributed by atoms with Gasteiger partial charge in [-0.1, -0.05) is 6.07 Å². The van der Waals surface area contributed by atoms with Crippen LogP contribution in [0.4, 0.5) is 11.4 Å². The minimum absolute atomic E-state index is 0.0224. The number of ether oxygens (including phenoxy) is 1. The van der Waals surface area contributed by atoms with Crippen LogP contribution in [0.15, 0.2) is 42.7 Å². The van der Waals surface area contributed by atoms with Crippen LogP contribution >= 0.6 is 0 Å². The Morgan fingerprint density at radius 1 is 0.964 bits per heavy atom. The maximum absolute atomic E-state index is 12.8. The fourth-order valence-corrected chi connectivity index (χ4v) is 3.04. The predicted octanol–water partition coefficient (Wildman–Crippen LogP) is 1.92. The lowest BCUT2D eigenvalue weighted by Gasteiger charge is -2.34. The van der Waals surface area contributed by atoms with Gasteiger partial charge in [0.1, 0.15) is 0 Å². The van der Waals surface area contributed by atoms with E-state index < -0.39 is 5.97 Å². The molecule has 0 atom stereocenters. The fraction of sp³-hybridized carbons (Fsp3) is 0.300. The summed E-state index contributed by atoms with van der Waals surface area (Å²) in [6.45, 7) is 3.60. The molecule has 1 fully saturated rings. The summed E-state index contributed by atoms with van der Waals surface area (Å²) in [7, 11) is 1.33. The Balaban J connectivity index is 1.70. The monoisotopic (exact) mass is 382 g/mol. The van der Waals surface area contributed by atoms with Crippen LogP contribution in [-0.2, 0) is 9.53 Å². The molecule has 0 spiro atoms. The van der Waals surface area contributed by atoms with Crippen molar-refractivity contribution < 1.29 is 19.1 Å². The van der Waals surface area contributed by atoms with Crippen molar-refractivity contribution in [2.45, 2.75) is 6.92 Å². The first-order chi connectivity index (χ1) is 13.5. The largest absolute Gasteiger partial charge is 0.465 e. The number of anilines is 2. The number of hydrogen-bond acceptors (Lipinski definition) is 6. The van der Waals surface area contributed by atoms with E-state index in [0.29, 0.717) is 48.7 Å². The summed E-state index contributed by atoms with van der Waals surface area (Å²) in [6, 6.07) is 8.60. The zero-order valence-corrected chi connectivity index (χ0v) is 15.8. The normalized spacial score (nSPS) is 13.8. The highest BCUT2D eigenvalue weighted by atomic mass is 16.5. The average molecular weight is 382 g/mol. The van der Waals surface area contributed by atoms with Crippen LogP contribution in [0.25, 0.3) is 0 Å². The van der Waals surface area contributed by atoms with Crippen molar-refractivity contribution in [1.29, 1.82) is 0 Å². The summed E-state index contributed by atoms with van der Waals surface area (Å²) in [6.07, 6.45) is 3.13. The number of aromatic nitrogens is 1. The molecule has 28 heavy (non-hydrogen) atoms. The van der Waals surface area contributed by atoms with E-state index in [1.807, 2.05) is 6.07 Å². The van der Waals surface area contributed by atoms with Crippen LogP contribution in [0.2, 0.25) is 0 Å². The van der Waals surface area contributed by atoms with Crippen molar-refractivity contribution in [2.24, 2.45) is 0 Å². The first-order valence-electron chi connectivity index (χ1n) is 8.93. The number of piperazine rings is 1. The van der Waals surface area contributed by atoms with Crippen molar-refractivity contribution in [1.82, 2.24) is 14.8 Å². The number of amides is 2. The van der Waals surface area contributed by atoms with E-state index in [1.165, 1.54) is 20.2 Å². The number of nitrogens with one attached hydrogen (secondary N) is 1. The minimum atomic E-state index is -0.421. The Hall–Kier alpha value is -3.42. The molecule has 3 rings (SSSR count). The van der Waals surface area contributed by atoms with Crippen LogP contribution in [0.3, 0.4) is 0 Å². The van der Waals surface area contributed by atoms with Gasteiger partial charge in [-0.05, 0) is 24.3 Å². The lowest BCUT2D eigenvalue weighted by molar-refractivity contribution is -0.130. The molecule has 0 saturated carbocycles. The molecule has 0 aliphatic carbocycles. The number of methoxy groups -OCH3 is 1. The van der Waals surface area contributed by atoms with Crippen LogP contribution in [0.5, 0.6) is 0 Å². The Bertz CT molecular complexity index is 891. The highest BCUT2D eigenvalue weighted by Gasteiger charge is 2.23. The van der Waals surface area contributed by atoms with Gasteiger partial charge in [0.05, 0.1) is 30.1 Å². The van der Waals surface area contributed by atoms with Crippen LogP contribution < -0.4 is 5.32 Å². The number of pyridine rings is 1. The fourth-order valence-electron chi connectivity index (χ4n) is 3.04. The van der Waals surface area contributed by atoms with Crippen molar-refractivity contribution in [3.05, 3.63) is 53.9 Å². The summed E-state index contributed by atoms with van der Waals surface area (Å²) < 4.78 is 4.73. The highest BCUT2D eigenvalue weighted by molar-refractivity contribution is 5.95. The second kappa shape index (κ2) is 8.51. The topological polar surface area (TPSA) is 91.8 Å². The third kappa shape index (κ3) is 4.46. The van der Waals surface area contributed by atoms with Gasteiger partial charge in [0.2, 0.25) is 5.91 Å². The molecule has 1 saturated heterocycles. The summed E-state index contributed by atoms with van der Waals surface area (Å²) in [5.41, 5.74) is 2.21. The van der Waals surface area contributed by atoms with E-state index in [1.54, 1.807) is 40.3 Å². The molecule has 1 aromatic heterocycles. The quantitative estimate of drug-likeness (QED) is 0.813. The second-order valence-corrected chi connectivity index (χ2v) is 6.46. The molecule has 8 heteroatoms. The van der Waals surface area contributed by atoms with Gasteiger partial charge in [-0.2, -0.15) is 0 Å². The van der Waals surface area contributed by atoms with Crippen LogP contribution in [-0.4, -0.2) is 65.9 Å². The molecule has 0 unspecified atom stereocenters. The van der Waals surface area contributed by atoms with Gasteiger partial charge in [0, 0.05) is 45.0 Å². The van der Waals surface area contributed by atoms with Gasteiger partial charge < -0.3 is 19.9 Å². The molecule has 1 N–H and O–H groups in total. The third-order valence-corrected chi connectivity index (χ3v) is 4.57. The van der Waals surface area contributed by atoms with E-state index in [0.717, 1.165) is 0 Å². The zero-order chi connectivity index (χ0) is 20.1. The highest BCUT2D eigenvalue weighted by Crippen LogP contribution is 2.19. The maximum Gasteiger partial charge on any atom is 0.337 e. The van der Waals surface area contributed by atoms with E-state index in [-0.39, 0.29) is 11.8 Å². The number of carbonyl (C=O) groups is 3. The van der Waals surface area contributed by atoms with E-state index in [2.05, 4.69) is 10.3 Å². The molecule has 2 aromatic rings. The van der Waals surface area contributed by atoms with Crippen molar-refractivity contribution in [3.8, 4) is 0 Å². The lowest BCUT2D eigenvalue weighted by Crippen LogP contribution is -2.50. The predicted molar refractivity (Wildman–Crippen MR) is 103 cm³/mol. The zero-order valence-electron chi connectivity index (χ0n) is 15.8.